The van der Waals surface area contributed by atoms with E-state index < -0.39 is 0 Å². The number of carbonyl (C=O) groups is 2. The lowest BCUT2D eigenvalue weighted by Gasteiger charge is -2.07. The number of aldehydes is 1. The van der Waals surface area contributed by atoms with Crippen LogP contribution in [0.25, 0.3) is 0 Å². The Balaban J connectivity index is 3.16. The number of amides is 1. The first-order valence-corrected chi connectivity index (χ1v) is 5.06. The van der Waals surface area contributed by atoms with E-state index in [0.717, 1.165) is 0 Å². The fourth-order valence-electron chi connectivity index (χ4n) is 0.854. The normalized spacial score (nSPS) is 10.3. The third-order valence-corrected chi connectivity index (χ3v) is 1.53. The fourth-order valence-corrected chi connectivity index (χ4v) is 0.854. The van der Waals surface area contributed by atoms with E-state index in [2.05, 4.69) is 5.32 Å². The zero-order valence-electron chi connectivity index (χ0n) is 9.32. The third-order valence-electron chi connectivity index (χ3n) is 1.53. The van der Waals surface area contributed by atoms with Gasteiger partial charge >= 0.3 is 0 Å². The van der Waals surface area contributed by atoms with E-state index in [1.54, 1.807) is 0 Å². The second-order valence-electron chi connectivity index (χ2n) is 3.25. The van der Waals surface area contributed by atoms with Crippen molar-refractivity contribution in [1.82, 2.24) is 5.32 Å². The molecule has 0 aromatic heterocycles. The number of nitrogens with one attached hydrogen (secondary N) is 1. The minimum Gasteiger partial charge on any atom is -0.379 e. The second-order valence-corrected chi connectivity index (χ2v) is 3.25. The lowest BCUT2D eigenvalue weighted by atomic mass is 10.4. The van der Waals surface area contributed by atoms with Crippen LogP contribution >= 0.6 is 0 Å². The molecule has 0 aromatic rings. The van der Waals surface area contributed by atoms with Gasteiger partial charge in [0, 0.05) is 6.42 Å². The molecule has 1 amide bonds. The van der Waals surface area contributed by atoms with Gasteiger partial charge in [-0.05, 0) is 13.8 Å². The summed E-state index contributed by atoms with van der Waals surface area (Å²) in [6.07, 6.45) is 1.12. The number of hydrogen-bond donors (Lipinski definition) is 1. The molecule has 0 unspecified atom stereocenters. The molecule has 0 fully saturated rings. The van der Waals surface area contributed by atoms with E-state index in [1.807, 2.05) is 13.8 Å². The van der Waals surface area contributed by atoms with Gasteiger partial charge in [-0.25, -0.2) is 0 Å². The van der Waals surface area contributed by atoms with Crippen LogP contribution < -0.4 is 5.32 Å². The van der Waals surface area contributed by atoms with Crippen LogP contribution in [0.5, 0.6) is 0 Å². The van der Waals surface area contributed by atoms with Crippen LogP contribution in [-0.2, 0) is 19.1 Å². The summed E-state index contributed by atoms with van der Waals surface area (Å²) in [5.41, 5.74) is 0. The van der Waals surface area contributed by atoms with Gasteiger partial charge in [0.2, 0.25) is 5.91 Å². The summed E-state index contributed by atoms with van der Waals surface area (Å²) < 4.78 is 10.4. The van der Waals surface area contributed by atoms with E-state index in [9.17, 15) is 9.59 Å². The first-order chi connectivity index (χ1) is 7.16. The Morgan fingerprint density at radius 2 is 2.07 bits per heavy atom. The molecular weight excluding hydrogens is 198 g/mol. The zero-order chi connectivity index (χ0) is 11.5. The summed E-state index contributed by atoms with van der Waals surface area (Å²) in [5, 5.41) is 2.42. The monoisotopic (exact) mass is 217 g/mol. The smallest absolute Gasteiger partial charge is 0.222 e. The van der Waals surface area contributed by atoms with Crippen LogP contribution in [0, 0.1) is 0 Å². The van der Waals surface area contributed by atoms with Crippen molar-refractivity contribution in [3.8, 4) is 0 Å². The Morgan fingerprint density at radius 3 is 2.67 bits per heavy atom. The van der Waals surface area contributed by atoms with Gasteiger partial charge < -0.3 is 19.6 Å². The highest BCUT2D eigenvalue weighted by Crippen LogP contribution is 1.88. The van der Waals surface area contributed by atoms with Crippen LogP contribution in [0.3, 0.4) is 0 Å². The van der Waals surface area contributed by atoms with Crippen LogP contribution in [0.4, 0.5) is 0 Å². The first kappa shape index (κ1) is 14.1. The maximum absolute atomic E-state index is 11.0. The summed E-state index contributed by atoms with van der Waals surface area (Å²) >= 11 is 0. The van der Waals surface area contributed by atoms with Crippen LogP contribution in [0.15, 0.2) is 0 Å². The quantitative estimate of drug-likeness (QED) is 0.440. The van der Waals surface area contributed by atoms with Gasteiger partial charge in [0.1, 0.15) is 6.29 Å². The molecule has 88 valence electrons. The molecule has 0 atom stereocenters. The van der Waals surface area contributed by atoms with Crippen LogP contribution in [0.2, 0.25) is 0 Å². The van der Waals surface area contributed by atoms with Gasteiger partial charge in [-0.1, -0.05) is 0 Å². The Morgan fingerprint density at radius 1 is 1.33 bits per heavy atom. The van der Waals surface area contributed by atoms with Crippen molar-refractivity contribution in [3.05, 3.63) is 0 Å². The summed E-state index contributed by atoms with van der Waals surface area (Å²) in [6, 6.07) is 0. The Bertz CT molecular complexity index is 182. The molecule has 0 bridgehead atoms. The van der Waals surface area contributed by atoms with Gasteiger partial charge in [0.25, 0.3) is 0 Å². The molecule has 0 aromatic carbocycles. The maximum atomic E-state index is 11.0. The predicted molar refractivity (Wildman–Crippen MR) is 55.6 cm³/mol. The van der Waals surface area contributed by atoms with Gasteiger partial charge in [0.15, 0.2) is 0 Å². The van der Waals surface area contributed by atoms with Gasteiger partial charge in [-0.3, -0.25) is 4.79 Å². The topological polar surface area (TPSA) is 64.6 Å². The van der Waals surface area contributed by atoms with Crippen molar-refractivity contribution < 1.29 is 19.1 Å². The second kappa shape index (κ2) is 9.61. The molecule has 0 saturated carbocycles. The first-order valence-electron chi connectivity index (χ1n) is 5.06. The average Bonchev–Trinajstić information content (AvgIpc) is 2.19. The summed E-state index contributed by atoms with van der Waals surface area (Å²) in [6.45, 7) is 5.34. The lowest BCUT2D eigenvalue weighted by Crippen LogP contribution is -2.26. The minimum absolute atomic E-state index is 0.0648. The molecule has 0 rings (SSSR count). The third kappa shape index (κ3) is 11.0. The molecule has 1 N–H and O–H groups in total. The highest BCUT2D eigenvalue weighted by Gasteiger charge is 1.99. The summed E-state index contributed by atoms with van der Waals surface area (Å²) in [5.74, 6) is -0.174. The molecule has 0 aliphatic carbocycles. The number of carbonyl (C=O) groups excluding carboxylic acids is 2. The number of rotatable bonds is 9. The highest BCUT2D eigenvalue weighted by atomic mass is 16.5. The molecule has 0 heterocycles. The number of ether oxygens (including phenoxy) is 2. The van der Waals surface area contributed by atoms with Crippen molar-refractivity contribution in [2.24, 2.45) is 0 Å². The average molecular weight is 217 g/mol. The Labute approximate surface area is 90.1 Å². The molecule has 0 aliphatic heterocycles. The van der Waals surface area contributed by atoms with Gasteiger partial charge in [0.05, 0.1) is 32.5 Å². The largest absolute Gasteiger partial charge is 0.379 e. The van der Waals surface area contributed by atoms with E-state index >= 15 is 0 Å². The van der Waals surface area contributed by atoms with E-state index in [1.165, 1.54) is 0 Å². The highest BCUT2D eigenvalue weighted by molar-refractivity contribution is 5.78. The molecule has 0 aliphatic rings. The van der Waals surface area contributed by atoms with E-state index in [0.29, 0.717) is 26.1 Å². The molecular formula is C10H19NO4. The zero-order valence-corrected chi connectivity index (χ0v) is 9.32. The van der Waals surface area contributed by atoms with E-state index in [-0.39, 0.29) is 25.0 Å². The SMILES string of the molecule is CC(C)OCCOCCC(=O)NCC=O. The molecule has 0 spiro atoms. The van der Waals surface area contributed by atoms with Crippen molar-refractivity contribution in [2.45, 2.75) is 26.4 Å². The molecule has 0 radical (unpaired) electrons. The van der Waals surface area contributed by atoms with E-state index in [4.69, 9.17) is 9.47 Å². The fraction of sp³-hybridized carbons (Fsp3) is 0.800. The minimum atomic E-state index is -0.174. The maximum Gasteiger partial charge on any atom is 0.222 e. The van der Waals surface area contributed by atoms with Crippen molar-refractivity contribution in [3.63, 3.8) is 0 Å². The Hall–Kier alpha value is -0.940. The van der Waals surface area contributed by atoms with Gasteiger partial charge in [-0.15, -0.1) is 0 Å². The van der Waals surface area contributed by atoms with Gasteiger partial charge in [-0.2, -0.15) is 0 Å². The molecule has 0 saturated heterocycles. The standard InChI is InChI=1S/C10H19NO4/c1-9(2)15-8-7-14-6-3-10(13)11-4-5-12/h5,9H,3-4,6-8H2,1-2H3,(H,11,13). The van der Waals surface area contributed by atoms with Crippen molar-refractivity contribution >= 4 is 12.2 Å². The summed E-state index contributed by atoms with van der Waals surface area (Å²) in [7, 11) is 0. The Kier molecular flexibility index (Phi) is 9.01. The number of hydrogen-bond acceptors (Lipinski definition) is 4. The van der Waals surface area contributed by atoms with Crippen LogP contribution in [0.1, 0.15) is 20.3 Å². The molecule has 5 heteroatoms. The predicted octanol–water partition coefficient (Wildman–Crippen LogP) is 0.133. The molecule has 5 nitrogen and oxygen atoms in total. The van der Waals surface area contributed by atoms with Crippen molar-refractivity contribution in [1.29, 1.82) is 0 Å². The van der Waals surface area contributed by atoms with Crippen molar-refractivity contribution in [2.75, 3.05) is 26.4 Å². The van der Waals surface area contributed by atoms with Crippen LogP contribution in [-0.4, -0.2) is 44.7 Å². The summed E-state index contributed by atoms with van der Waals surface area (Å²) in [4.78, 5) is 20.9. The molecule has 15 heavy (non-hydrogen) atoms. The lowest BCUT2D eigenvalue weighted by molar-refractivity contribution is -0.123.